The van der Waals surface area contributed by atoms with E-state index in [0.29, 0.717) is 12.6 Å². The smallest absolute Gasteiger partial charge is 0.131 e. The van der Waals surface area contributed by atoms with E-state index in [1.165, 1.54) is 5.56 Å². The largest absolute Gasteiger partial charge is 0.494 e. The van der Waals surface area contributed by atoms with Gasteiger partial charge < -0.3 is 14.8 Å². The van der Waals surface area contributed by atoms with Crippen LogP contribution in [0.15, 0.2) is 48.5 Å². The second-order valence-electron chi connectivity index (χ2n) is 5.19. The van der Waals surface area contributed by atoms with E-state index >= 15 is 0 Å². The Morgan fingerprint density at radius 3 is 2.33 bits per heavy atom. The highest BCUT2D eigenvalue weighted by molar-refractivity contribution is 5.37. The van der Waals surface area contributed by atoms with Gasteiger partial charge in [0.1, 0.15) is 17.2 Å². The van der Waals surface area contributed by atoms with Crippen LogP contribution in [-0.2, 0) is 6.54 Å². The standard InChI is InChI=1S/C18H23NO2/c1-4-20-17-6-5-7-18(12-17)21-16-10-8-15(9-11-16)13-19-14(2)3/h5-12,14,19H,4,13H2,1-3H3. The summed E-state index contributed by atoms with van der Waals surface area (Å²) < 4.78 is 11.3. The average Bonchev–Trinajstić information content (AvgIpc) is 2.47. The van der Waals surface area contributed by atoms with Crippen molar-refractivity contribution < 1.29 is 9.47 Å². The third-order valence-corrected chi connectivity index (χ3v) is 2.99. The second kappa shape index (κ2) is 7.70. The molecule has 2 aromatic rings. The summed E-state index contributed by atoms with van der Waals surface area (Å²) in [6.07, 6.45) is 0. The van der Waals surface area contributed by atoms with E-state index in [2.05, 4.69) is 31.3 Å². The van der Waals surface area contributed by atoms with Gasteiger partial charge in [-0.25, -0.2) is 0 Å². The molecule has 0 bridgehead atoms. The number of hydrogen-bond acceptors (Lipinski definition) is 3. The first-order chi connectivity index (χ1) is 10.2. The van der Waals surface area contributed by atoms with E-state index in [4.69, 9.17) is 9.47 Å². The van der Waals surface area contributed by atoms with Gasteiger partial charge in [0.2, 0.25) is 0 Å². The molecule has 21 heavy (non-hydrogen) atoms. The number of ether oxygens (including phenoxy) is 2. The highest BCUT2D eigenvalue weighted by Gasteiger charge is 2.01. The van der Waals surface area contributed by atoms with Crippen molar-refractivity contribution in [2.75, 3.05) is 6.61 Å². The van der Waals surface area contributed by atoms with Crippen LogP contribution in [0.25, 0.3) is 0 Å². The molecule has 0 spiro atoms. The van der Waals surface area contributed by atoms with Crippen molar-refractivity contribution in [3.05, 3.63) is 54.1 Å². The number of nitrogens with one attached hydrogen (secondary N) is 1. The lowest BCUT2D eigenvalue weighted by molar-refractivity contribution is 0.338. The maximum Gasteiger partial charge on any atom is 0.131 e. The highest BCUT2D eigenvalue weighted by atomic mass is 16.5. The lowest BCUT2D eigenvalue weighted by atomic mass is 10.2. The van der Waals surface area contributed by atoms with Gasteiger partial charge in [0.25, 0.3) is 0 Å². The topological polar surface area (TPSA) is 30.5 Å². The van der Waals surface area contributed by atoms with Crippen molar-refractivity contribution in [3.63, 3.8) is 0 Å². The molecule has 3 heteroatoms. The van der Waals surface area contributed by atoms with Gasteiger partial charge in [-0.2, -0.15) is 0 Å². The zero-order valence-corrected chi connectivity index (χ0v) is 12.9. The third-order valence-electron chi connectivity index (χ3n) is 2.99. The molecule has 0 atom stereocenters. The van der Waals surface area contributed by atoms with Crippen LogP contribution in [0, 0.1) is 0 Å². The van der Waals surface area contributed by atoms with Gasteiger partial charge in [-0.15, -0.1) is 0 Å². The molecule has 0 fully saturated rings. The first-order valence-electron chi connectivity index (χ1n) is 7.40. The molecule has 1 N–H and O–H groups in total. The minimum Gasteiger partial charge on any atom is -0.494 e. The summed E-state index contributed by atoms with van der Waals surface area (Å²) in [6.45, 7) is 7.78. The van der Waals surface area contributed by atoms with Crippen molar-refractivity contribution in [1.29, 1.82) is 0 Å². The molecular formula is C18H23NO2. The SMILES string of the molecule is CCOc1cccc(Oc2ccc(CNC(C)C)cc2)c1. The number of rotatable bonds is 7. The van der Waals surface area contributed by atoms with E-state index in [-0.39, 0.29) is 0 Å². The van der Waals surface area contributed by atoms with Crippen molar-refractivity contribution in [1.82, 2.24) is 5.32 Å². The maximum atomic E-state index is 5.85. The summed E-state index contributed by atoms with van der Waals surface area (Å²) in [4.78, 5) is 0. The number of hydrogen-bond donors (Lipinski definition) is 1. The van der Waals surface area contributed by atoms with Crippen molar-refractivity contribution in [2.45, 2.75) is 33.4 Å². The molecule has 0 saturated heterocycles. The maximum absolute atomic E-state index is 5.85. The predicted molar refractivity (Wildman–Crippen MR) is 86.1 cm³/mol. The Morgan fingerprint density at radius 1 is 0.952 bits per heavy atom. The van der Waals surface area contributed by atoms with Crippen LogP contribution in [0.1, 0.15) is 26.3 Å². The second-order valence-corrected chi connectivity index (χ2v) is 5.19. The molecule has 0 aliphatic carbocycles. The van der Waals surface area contributed by atoms with E-state index in [1.54, 1.807) is 0 Å². The van der Waals surface area contributed by atoms with Crippen LogP contribution in [0.4, 0.5) is 0 Å². The molecule has 0 amide bonds. The Hall–Kier alpha value is -2.00. The zero-order chi connectivity index (χ0) is 15.1. The van der Waals surface area contributed by atoms with Crippen LogP contribution >= 0.6 is 0 Å². The Morgan fingerprint density at radius 2 is 1.67 bits per heavy atom. The number of benzene rings is 2. The summed E-state index contributed by atoms with van der Waals surface area (Å²) in [5.74, 6) is 2.44. The lowest BCUT2D eigenvalue weighted by Crippen LogP contribution is -2.21. The fourth-order valence-corrected chi connectivity index (χ4v) is 1.93. The van der Waals surface area contributed by atoms with E-state index in [0.717, 1.165) is 23.8 Å². The Bertz CT molecular complexity index is 549. The average molecular weight is 285 g/mol. The zero-order valence-electron chi connectivity index (χ0n) is 12.9. The van der Waals surface area contributed by atoms with Crippen LogP contribution < -0.4 is 14.8 Å². The molecule has 0 radical (unpaired) electrons. The van der Waals surface area contributed by atoms with Gasteiger partial charge in [0.15, 0.2) is 0 Å². The Kier molecular flexibility index (Phi) is 5.64. The minimum absolute atomic E-state index is 0.488. The van der Waals surface area contributed by atoms with Gasteiger partial charge in [-0.3, -0.25) is 0 Å². The molecule has 0 aliphatic heterocycles. The lowest BCUT2D eigenvalue weighted by Gasteiger charge is -2.10. The molecule has 3 nitrogen and oxygen atoms in total. The summed E-state index contributed by atoms with van der Waals surface area (Å²) >= 11 is 0. The Labute approximate surface area is 126 Å². The van der Waals surface area contributed by atoms with Gasteiger partial charge in [0, 0.05) is 18.7 Å². The summed E-state index contributed by atoms with van der Waals surface area (Å²) in [7, 11) is 0. The van der Waals surface area contributed by atoms with Gasteiger partial charge >= 0.3 is 0 Å². The molecule has 2 aromatic carbocycles. The van der Waals surface area contributed by atoms with Crippen LogP contribution in [0.2, 0.25) is 0 Å². The quantitative estimate of drug-likeness (QED) is 0.819. The van der Waals surface area contributed by atoms with Crippen molar-refractivity contribution >= 4 is 0 Å². The van der Waals surface area contributed by atoms with Gasteiger partial charge in [0.05, 0.1) is 6.61 Å². The van der Waals surface area contributed by atoms with Crippen molar-refractivity contribution in [2.24, 2.45) is 0 Å². The van der Waals surface area contributed by atoms with Crippen LogP contribution in [0.3, 0.4) is 0 Å². The molecular weight excluding hydrogens is 262 g/mol. The van der Waals surface area contributed by atoms with Gasteiger partial charge in [-0.1, -0.05) is 32.0 Å². The van der Waals surface area contributed by atoms with Crippen molar-refractivity contribution in [3.8, 4) is 17.2 Å². The fraction of sp³-hybridized carbons (Fsp3) is 0.333. The predicted octanol–water partition coefficient (Wildman–Crippen LogP) is 4.38. The fourth-order valence-electron chi connectivity index (χ4n) is 1.93. The Balaban J connectivity index is 1.98. The normalized spacial score (nSPS) is 10.7. The molecule has 0 saturated carbocycles. The summed E-state index contributed by atoms with van der Waals surface area (Å²) in [5.41, 5.74) is 1.25. The van der Waals surface area contributed by atoms with E-state index in [9.17, 15) is 0 Å². The molecule has 2 rings (SSSR count). The van der Waals surface area contributed by atoms with Crippen LogP contribution in [0.5, 0.6) is 17.2 Å². The van der Waals surface area contributed by atoms with Gasteiger partial charge in [-0.05, 0) is 36.8 Å². The molecule has 112 valence electrons. The van der Waals surface area contributed by atoms with E-state index < -0.39 is 0 Å². The molecule has 0 aliphatic rings. The highest BCUT2D eigenvalue weighted by Crippen LogP contribution is 2.25. The minimum atomic E-state index is 0.488. The third kappa shape index (κ3) is 5.12. The summed E-state index contributed by atoms with van der Waals surface area (Å²) in [6, 6.07) is 16.3. The summed E-state index contributed by atoms with van der Waals surface area (Å²) in [5, 5.41) is 3.40. The first kappa shape index (κ1) is 15.4. The first-order valence-corrected chi connectivity index (χ1v) is 7.40. The van der Waals surface area contributed by atoms with E-state index in [1.807, 2.05) is 43.3 Å². The molecule has 0 heterocycles. The molecule has 0 unspecified atom stereocenters. The molecule has 0 aromatic heterocycles. The monoisotopic (exact) mass is 285 g/mol. The van der Waals surface area contributed by atoms with Crippen LogP contribution in [-0.4, -0.2) is 12.6 Å².